The van der Waals surface area contributed by atoms with Gasteiger partial charge in [0.05, 0.1) is 4.47 Å². The normalized spacial score (nSPS) is 25.9. The molecule has 16 heavy (non-hydrogen) atoms. The third kappa shape index (κ3) is 2.71. The third-order valence-electron chi connectivity index (χ3n) is 2.89. The van der Waals surface area contributed by atoms with Gasteiger partial charge in [-0.1, -0.05) is 6.92 Å². The summed E-state index contributed by atoms with van der Waals surface area (Å²) in [6.07, 6.45) is 2.85. The van der Waals surface area contributed by atoms with Crippen LogP contribution >= 0.6 is 43.5 Å². The monoisotopic (exact) mass is 366 g/mol. The van der Waals surface area contributed by atoms with E-state index in [9.17, 15) is 0 Å². The summed E-state index contributed by atoms with van der Waals surface area (Å²) >= 11 is 13.2. The summed E-state index contributed by atoms with van der Waals surface area (Å²) in [6.45, 7) is 4.14. The fourth-order valence-electron chi connectivity index (χ4n) is 1.95. The van der Waals surface area contributed by atoms with Gasteiger partial charge < -0.3 is 4.90 Å². The molecule has 2 heterocycles. The van der Waals surface area contributed by atoms with E-state index >= 15 is 0 Å². The minimum absolute atomic E-state index is 0.297. The highest BCUT2D eigenvalue weighted by atomic mass is 79.9. The van der Waals surface area contributed by atoms with Gasteiger partial charge in [0.25, 0.3) is 0 Å². The third-order valence-corrected chi connectivity index (χ3v) is 4.55. The maximum Gasteiger partial charge on any atom is 0.142 e. The highest BCUT2D eigenvalue weighted by Gasteiger charge is 2.25. The van der Waals surface area contributed by atoms with E-state index in [1.165, 1.54) is 0 Å². The molecule has 0 amide bonds. The molecule has 2 atom stereocenters. The highest BCUT2D eigenvalue weighted by Crippen LogP contribution is 2.31. The molecule has 1 fully saturated rings. The average molecular weight is 368 g/mol. The van der Waals surface area contributed by atoms with Crippen molar-refractivity contribution in [3.63, 3.8) is 0 Å². The molecule has 1 aliphatic heterocycles. The quantitative estimate of drug-likeness (QED) is 0.695. The van der Waals surface area contributed by atoms with E-state index in [0.29, 0.717) is 11.3 Å². The molecule has 5 heteroatoms. The first-order valence-corrected chi connectivity index (χ1v) is 7.30. The number of halogens is 3. The second-order valence-electron chi connectivity index (χ2n) is 4.19. The summed E-state index contributed by atoms with van der Waals surface area (Å²) in [7, 11) is 0. The molecular weight excluding hydrogens is 355 g/mol. The van der Waals surface area contributed by atoms with Crippen LogP contribution in [0, 0.1) is 5.92 Å². The molecule has 2 rings (SSSR count). The van der Waals surface area contributed by atoms with Crippen LogP contribution in [0.3, 0.4) is 0 Å². The Morgan fingerprint density at radius 1 is 1.50 bits per heavy atom. The minimum atomic E-state index is 0.297. The second-order valence-corrected chi connectivity index (χ2v) is 6.52. The van der Waals surface area contributed by atoms with E-state index < -0.39 is 0 Å². The number of piperidine rings is 1. The molecule has 0 saturated carbocycles. The minimum Gasteiger partial charge on any atom is -0.355 e. The van der Waals surface area contributed by atoms with E-state index in [0.717, 1.165) is 34.3 Å². The summed E-state index contributed by atoms with van der Waals surface area (Å²) in [6, 6.07) is 2.03. The largest absolute Gasteiger partial charge is 0.355 e. The lowest BCUT2D eigenvalue weighted by molar-refractivity contribution is 0.452. The Morgan fingerprint density at radius 2 is 2.25 bits per heavy atom. The van der Waals surface area contributed by atoms with Gasteiger partial charge >= 0.3 is 0 Å². The second kappa shape index (κ2) is 5.23. The predicted octanol–water partition coefficient (Wildman–Crippen LogP) is 4.06. The molecule has 1 aromatic rings. The molecule has 2 nitrogen and oxygen atoms in total. The first-order chi connectivity index (χ1) is 7.58. The zero-order valence-electron chi connectivity index (χ0n) is 8.96. The van der Waals surface area contributed by atoms with Gasteiger partial charge in [0.1, 0.15) is 5.82 Å². The number of pyridine rings is 1. The molecule has 88 valence electrons. The fraction of sp³-hybridized carbons (Fsp3) is 0.545. The van der Waals surface area contributed by atoms with Crippen molar-refractivity contribution in [2.24, 2.45) is 5.92 Å². The van der Waals surface area contributed by atoms with Crippen LogP contribution < -0.4 is 4.90 Å². The SMILES string of the molecule is CC1CN(c2ncc(Br)cc2Br)CCC1Cl. The Balaban J connectivity index is 2.18. The lowest BCUT2D eigenvalue weighted by Crippen LogP contribution is -2.40. The number of alkyl halides is 1. The molecule has 1 saturated heterocycles. The van der Waals surface area contributed by atoms with Crippen molar-refractivity contribution in [3.05, 3.63) is 21.2 Å². The van der Waals surface area contributed by atoms with E-state index in [2.05, 4.69) is 48.7 Å². The Labute approximate surface area is 118 Å². The number of hydrogen-bond acceptors (Lipinski definition) is 2. The smallest absolute Gasteiger partial charge is 0.142 e. The average Bonchev–Trinajstić information content (AvgIpc) is 2.22. The van der Waals surface area contributed by atoms with Gasteiger partial charge in [0.2, 0.25) is 0 Å². The standard InChI is InChI=1S/C11H13Br2ClN2/c1-7-6-16(3-2-10(7)14)11-9(13)4-8(12)5-15-11/h4-5,7,10H,2-3,6H2,1H3. The first kappa shape index (κ1) is 12.7. The Bertz CT molecular complexity index is 386. The van der Waals surface area contributed by atoms with Gasteiger partial charge in [-0.2, -0.15) is 0 Å². The van der Waals surface area contributed by atoms with Crippen LogP contribution in [0.4, 0.5) is 5.82 Å². The highest BCUT2D eigenvalue weighted by molar-refractivity contribution is 9.11. The molecule has 0 aliphatic carbocycles. The van der Waals surface area contributed by atoms with Gasteiger partial charge in [0, 0.05) is 29.1 Å². The van der Waals surface area contributed by atoms with Crippen LogP contribution in [0.5, 0.6) is 0 Å². The van der Waals surface area contributed by atoms with E-state index in [1.54, 1.807) is 0 Å². The van der Waals surface area contributed by atoms with E-state index in [1.807, 2.05) is 12.3 Å². The fourth-order valence-corrected chi connectivity index (χ4v) is 3.36. The molecule has 0 spiro atoms. The van der Waals surface area contributed by atoms with Gasteiger partial charge in [-0.25, -0.2) is 4.98 Å². The summed E-state index contributed by atoms with van der Waals surface area (Å²) in [5.74, 6) is 1.52. The lowest BCUT2D eigenvalue weighted by Gasteiger charge is -2.35. The van der Waals surface area contributed by atoms with Gasteiger partial charge in [0.15, 0.2) is 0 Å². The van der Waals surface area contributed by atoms with Crippen molar-refractivity contribution >= 4 is 49.3 Å². The van der Waals surface area contributed by atoms with Crippen LogP contribution in [0.15, 0.2) is 21.2 Å². The van der Waals surface area contributed by atoms with Crippen LogP contribution in [0.2, 0.25) is 0 Å². The number of anilines is 1. The molecule has 0 N–H and O–H groups in total. The summed E-state index contributed by atoms with van der Waals surface area (Å²) < 4.78 is 2.02. The van der Waals surface area contributed by atoms with Crippen molar-refractivity contribution in [2.45, 2.75) is 18.7 Å². The van der Waals surface area contributed by atoms with Crippen molar-refractivity contribution < 1.29 is 0 Å². The van der Waals surface area contributed by atoms with Gasteiger partial charge in [-0.15, -0.1) is 11.6 Å². The zero-order chi connectivity index (χ0) is 11.7. The van der Waals surface area contributed by atoms with Crippen LogP contribution in [-0.4, -0.2) is 23.5 Å². The maximum atomic E-state index is 6.22. The van der Waals surface area contributed by atoms with Crippen molar-refractivity contribution in [1.82, 2.24) is 4.98 Å². The topological polar surface area (TPSA) is 16.1 Å². The lowest BCUT2D eigenvalue weighted by atomic mass is 10.00. The van der Waals surface area contributed by atoms with Crippen LogP contribution in [-0.2, 0) is 0 Å². The summed E-state index contributed by atoms with van der Waals surface area (Å²) in [5.41, 5.74) is 0. The zero-order valence-corrected chi connectivity index (χ0v) is 12.9. The van der Waals surface area contributed by atoms with Crippen LogP contribution in [0.25, 0.3) is 0 Å². The summed E-state index contributed by atoms with van der Waals surface area (Å²) in [4.78, 5) is 6.74. The van der Waals surface area contributed by atoms with Crippen molar-refractivity contribution in [3.8, 4) is 0 Å². The number of hydrogen-bond donors (Lipinski definition) is 0. The van der Waals surface area contributed by atoms with Crippen molar-refractivity contribution in [2.75, 3.05) is 18.0 Å². The molecular formula is C11H13Br2ClN2. The van der Waals surface area contributed by atoms with Crippen molar-refractivity contribution in [1.29, 1.82) is 0 Å². The first-order valence-electron chi connectivity index (χ1n) is 5.28. The number of aromatic nitrogens is 1. The van der Waals surface area contributed by atoms with Crippen LogP contribution in [0.1, 0.15) is 13.3 Å². The molecule has 1 aliphatic rings. The van der Waals surface area contributed by atoms with E-state index in [-0.39, 0.29) is 0 Å². The maximum absolute atomic E-state index is 6.22. The van der Waals surface area contributed by atoms with Gasteiger partial charge in [-0.05, 0) is 50.3 Å². The molecule has 0 aromatic carbocycles. The molecule has 2 unspecified atom stereocenters. The Morgan fingerprint density at radius 3 is 2.88 bits per heavy atom. The molecule has 0 bridgehead atoms. The number of nitrogens with zero attached hydrogens (tertiary/aromatic N) is 2. The predicted molar refractivity (Wildman–Crippen MR) is 75.3 cm³/mol. The Kier molecular flexibility index (Phi) is 4.14. The van der Waals surface area contributed by atoms with E-state index in [4.69, 9.17) is 11.6 Å². The molecule has 1 aromatic heterocycles. The van der Waals surface area contributed by atoms with Gasteiger partial charge in [-0.3, -0.25) is 0 Å². The number of rotatable bonds is 1. The molecule has 0 radical (unpaired) electrons. The Hall–Kier alpha value is 0.200. The summed E-state index contributed by atoms with van der Waals surface area (Å²) in [5, 5.41) is 0.297.